The second kappa shape index (κ2) is 7.39. The van der Waals surface area contributed by atoms with Gasteiger partial charge in [-0.3, -0.25) is 4.90 Å². The molecule has 29 heavy (non-hydrogen) atoms. The van der Waals surface area contributed by atoms with Gasteiger partial charge in [0.1, 0.15) is 0 Å². The van der Waals surface area contributed by atoms with Crippen LogP contribution in [0.3, 0.4) is 0 Å². The van der Waals surface area contributed by atoms with E-state index in [1.165, 1.54) is 21.4 Å². The Labute approximate surface area is 174 Å². The number of ether oxygens (including phenoxy) is 1. The molecule has 0 saturated carbocycles. The molecule has 2 aromatic heterocycles. The summed E-state index contributed by atoms with van der Waals surface area (Å²) < 4.78 is 6.36. The molecule has 2 aliphatic rings. The van der Waals surface area contributed by atoms with Gasteiger partial charge in [0, 0.05) is 60.1 Å². The molecular formula is C22H24N4O2S. The number of rotatable bonds is 5. The third kappa shape index (κ3) is 3.60. The number of thiophene rings is 1. The largest absolute Gasteiger partial charge is 0.462 e. The van der Waals surface area contributed by atoms with Gasteiger partial charge < -0.3 is 9.64 Å². The summed E-state index contributed by atoms with van der Waals surface area (Å²) in [6, 6.07) is 10.9. The number of carbonyl (C=O) groups is 1. The minimum absolute atomic E-state index is 0.347. The summed E-state index contributed by atoms with van der Waals surface area (Å²) in [4.78, 5) is 26.8. The van der Waals surface area contributed by atoms with Crippen molar-refractivity contribution in [3.8, 4) is 0 Å². The fourth-order valence-electron chi connectivity index (χ4n) is 4.52. The predicted molar refractivity (Wildman–Crippen MR) is 114 cm³/mol. The molecule has 0 aliphatic carbocycles. The number of nitrogens with zero attached hydrogens (tertiary/aromatic N) is 4. The first-order chi connectivity index (χ1) is 14.1. The van der Waals surface area contributed by atoms with E-state index in [0.717, 1.165) is 32.7 Å². The highest BCUT2D eigenvalue weighted by Gasteiger charge is 2.48. The van der Waals surface area contributed by atoms with E-state index >= 15 is 0 Å². The number of fused-ring (bicyclic) bond motifs is 1. The number of anilines is 1. The molecule has 0 atom stereocenters. The molecule has 2 saturated heterocycles. The van der Waals surface area contributed by atoms with Crippen molar-refractivity contribution in [3.63, 3.8) is 0 Å². The van der Waals surface area contributed by atoms with E-state index < -0.39 is 0 Å². The van der Waals surface area contributed by atoms with Crippen molar-refractivity contribution in [2.45, 2.75) is 19.9 Å². The molecule has 7 heteroatoms. The minimum Gasteiger partial charge on any atom is -0.462 e. The van der Waals surface area contributed by atoms with Crippen LogP contribution in [0.5, 0.6) is 0 Å². The molecule has 2 aliphatic heterocycles. The zero-order valence-electron chi connectivity index (χ0n) is 16.5. The minimum atomic E-state index is -0.368. The van der Waals surface area contributed by atoms with Crippen LogP contribution in [0.1, 0.15) is 28.6 Å². The molecule has 2 fully saturated rings. The van der Waals surface area contributed by atoms with E-state index in [1.807, 2.05) is 11.3 Å². The summed E-state index contributed by atoms with van der Waals surface area (Å²) >= 11 is 1.90. The zero-order valence-corrected chi connectivity index (χ0v) is 17.3. The quantitative estimate of drug-likeness (QED) is 0.602. The Morgan fingerprint density at radius 1 is 1.21 bits per heavy atom. The molecule has 0 bridgehead atoms. The van der Waals surface area contributed by atoms with E-state index in [-0.39, 0.29) is 5.97 Å². The van der Waals surface area contributed by atoms with Crippen molar-refractivity contribution in [1.82, 2.24) is 14.9 Å². The summed E-state index contributed by atoms with van der Waals surface area (Å²) in [7, 11) is 0. The lowest BCUT2D eigenvalue weighted by Gasteiger charge is -2.48. The zero-order chi connectivity index (χ0) is 19.8. The van der Waals surface area contributed by atoms with Crippen molar-refractivity contribution in [1.29, 1.82) is 0 Å². The van der Waals surface area contributed by atoms with Crippen LogP contribution in [0.25, 0.3) is 10.1 Å². The summed E-state index contributed by atoms with van der Waals surface area (Å²) in [5.41, 5.74) is 0.752. The van der Waals surface area contributed by atoms with Crippen LogP contribution in [-0.2, 0) is 11.3 Å². The number of aromatic nitrogens is 2. The van der Waals surface area contributed by atoms with Crippen LogP contribution in [-0.4, -0.2) is 53.6 Å². The Hall–Kier alpha value is -2.51. The van der Waals surface area contributed by atoms with Crippen LogP contribution in [0.15, 0.2) is 42.7 Å². The number of likely N-dealkylation sites (tertiary alicyclic amines) is 1. The Morgan fingerprint density at radius 2 is 2.00 bits per heavy atom. The second-order valence-corrected chi connectivity index (χ2v) is 9.23. The second-order valence-electron chi connectivity index (χ2n) is 8.06. The van der Waals surface area contributed by atoms with Crippen molar-refractivity contribution >= 4 is 33.3 Å². The van der Waals surface area contributed by atoms with Gasteiger partial charge >= 0.3 is 5.97 Å². The maximum absolute atomic E-state index is 11.8. The highest BCUT2D eigenvalue weighted by molar-refractivity contribution is 7.19. The van der Waals surface area contributed by atoms with Crippen LogP contribution < -0.4 is 4.90 Å². The molecule has 3 aromatic rings. The SMILES string of the molecule is CCOC(=O)c1cnc(N2CCC3(CN(Cc4cc5ccccc5s4)C3)C2)nc1. The normalized spacial score (nSPS) is 18.3. The van der Waals surface area contributed by atoms with Gasteiger partial charge in [0.05, 0.1) is 12.2 Å². The standard InChI is InChI=1S/C22H24N4O2S/c1-2-28-20(27)17-10-23-21(24-11-17)26-8-7-22(15-26)13-25(14-22)12-18-9-16-5-3-4-6-19(16)29-18/h3-6,9-11H,2,7-8,12-15H2,1H3. The molecular weight excluding hydrogens is 384 g/mol. The topological polar surface area (TPSA) is 58.6 Å². The highest BCUT2D eigenvalue weighted by Crippen LogP contribution is 2.41. The fourth-order valence-corrected chi connectivity index (χ4v) is 5.62. The van der Waals surface area contributed by atoms with Gasteiger partial charge in [-0.25, -0.2) is 14.8 Å². The van der Waals surface area contributed by atoms with Crippen molar-refractivity contribution in [3.05, 3.63) is 53.2 Å². The molecule has 0 unspecified atom stereocenters. The number of hydrogen-bond donors (Lipinski definition) is 0. The third-order valence-electron chi connectivity index (χ3n) is 5.84. The van der Waals surface area contributed by atoms with Gasteiger partial charge in [-0.2, -0.15) is 0 Å². The Balaban J connectivity index is 1.18. The average molecular weight is 409 g/mol. The van der Waals surface area contributed by atoms with Crippen LogP contribution in [0.2, 0.25) is 0 Å². The lowest BCUT2D eigenvalue weighted by molar-refractivity contribution is 0.0124. The van der Waals surface area contributed by atoms with E-state index in [2.05, 4.69) is 50.1 Å². The van der Waals surface area contributed by atoms with Crippen molar-refractivity contribution in [2.24, 2.45) is 5.41 Å². The Kier molecular flexibility index (Phi) is 4.72. The lowest BCUT2D eigenvalue weighted by Crippen LogP contribution is -2.56. The van der Waals surface area contributed by atoms with Crippen LogP contribution in [0, 0.1) is 5.41 Å². The summed E-state index contributed by atoms with van der Waals surface area (Å²) in [5, 5.41) is 1.35. The van der Waals surface area contributed by atoms with Gasteiger partial charge in [-0.1, -0.05) is 18.2 Å². The summed E-state index contributed by atoms with van der Waals surface area (Å²) in [6.45, 7) is 7.38. The highest BCUT2D eigenvalue weighted by atomic mass is 32.1. The number of benzene rings is 1. The third-order valence-corrected chi connectivity index (χ3v) is 6.95. The van der Waals surface area contributed by atoms with E-state index in [4.69, 9.17) is 4.74 Å². The molecule has 4 heterocycles. The van der Waals surface area contributed by atoms with Crippen molar-refractivity contribution in [2.75, 3.05) is 37.7 Å². The van der Waals surface area contributed by atoms with Gasteiger partial charge in [0.2, 0.25) is 5.95 Å². The molecule has 1 spiro atoms. The van der Waals surface area contributed by atoms with E-state index in [9.17, 15) is 4.79 Å². The van der Waals surface area contributed by atoms with Gasteiger partial charge in [-0.15, -0.1) is 11.3 Å². The molecule has 1 aromatic carbocycles. The first kappa shape index (κ1) is 18.5. The first-order valence-corrected chi connectivity index (χ1v) is 10.9. The monoisotopic (exact) mass is 408 g/mol. The number of carbonyl (C=O) groups excluding carboxylic acids is 1. The average Bonchev–Trinajstić information content (AvgIpc) is 3.32. The van der Waals surface area contributed by atoms with Gasteiger partial charge in [-0.05, 0) is 30.9 Å². The Morgan fingerprint density at radius 3 is 2.76 bits per heavy atom. The summed E-state index contributed by atoms with van der Waals surface area (Å²) in [5.74, 6) is 0.339. The first-order valence-electron chi connectivity index (χ1n) is 10.1. The lowest BCUT2D eigenvalue weighted by atomic mass is 9.79. The Bertz CT molecular complexity index is 994. The molecule has 5 rings (SSSR count). The van der Waals surface area contributed by atoms with Crippen molar-refractivity contribution < 1.29 is 9.53 Å². The fraction of sp³-hybridized carbons (Fsp3) is 0.409. The molecule has 0 radical (unpaired) electrons. The van der Waals surface area contributed by atoms with E-state index in [1.54, 1.807) is 19.3 Å². The van der Waals surface area contributed by atoms with Gasteiger partial charge in [0.15, 0.2) is 0 Å². The molecule has 6 nitrogen and oxygen atoms in total. The van der Waals surface area contributed by atoms with Crippen LogP contribution in [0.4, 0.5) is 5.95 Å². The van der Waals surface area contributed by atoms with E-state index in [0.29, 0.717) is 23.5 Å². The maximum atomic E-state index is 11.8. The molecule has 0 amide bonds. The summed E-state index contributed by atoms with van der Waals surface area (Å²) in [6.07, 6.45) is 4.30. The van der Waals surface area contributed by atoms with Crippen LogP contribution >= 0.6 is 11.3 Å². The molecule has 0 N–H and O–H groups in total. The smallest absolute Gasteiger partial charge is 0.341 e. The number of esters is 1. The molecule has 150 valence electrons. The predicted octanol–water partition coefficient (Wildman–Crippen LogP) is 3.58. The van der Waals surface area contributed by atoms with Gasteiger partial charge in [0.25, 0.3) is 0 Å². The number of hydrogen-bond acceptors (Lipinski definition) is 7. The maximum Gasteiger partial charge on any atom is 0.341 e.